The van der Waals surface area contributed by atoms with Crippen molar-refractivity contribution in [3.8, 4) is 0 Å². The minimum Gasteiger partial charge on any atom is -0.477 e. The SMILES string of the molecule is Cn1cc(NC(=O)CCn2nccc2C(=O)O)c(C(=O)NCc2ccco2)n1. The molecule has 0 aromatic carbocycles. The normalized spacial score (nSPS) is 10.6. The number of rotatable bonds is 8. The average Bonchev–Trinajstić information content (AvgIpc) is 3.39. The highest BCUT2D eigenvalue weighted by Crippen LogP contribution is 2.14. The van der Waals surface area contributed by atoms with Crippen molar-refractivity contribution >= 4 is 23.5 Å². The molecule has 0 unspecified atom stereocenters. The van der Waals surface area contributed by atoms with Crippen molar-refractivity contribution < 1.29 is 23.9 Å². The van der Waals surface area contributed by atoms with E-state index in [9.17, 15) is 14.4 Å². The molecular formula is C17H18N6O5. The Bertz CT molecular complexity index is 988. The van der Waals surface area contributed by atoms with Crippen LogP contribution in [0, 0.1) is 0 Å². The van der Waals surface area contributed by atoms with E-state index in [0.717, 1.165) is 0 Å². The summed E-state index contributed by atoms with van der Waals surface area (Å²) in [6, 6.07) is 4.79. The fourth-order valence-corrected chi connectivity index (χ4v) is 2.52. The van der Waals surface area contributed by atoms with Crippen molar-refractivity contribution in [3.63, 3.8) is 0 Å². The maximum absolute atomic E-state index is 12.4. The van der Waals surface area contributed by atoms with Crippen molar-refractivity contribution in [2.75, 3.05) is 5.32 Å². The molecule has 0 aliphatic heterocycles. The van der Waals surface area contributed by atoms with Crippen LogP contribution in [0.25, 0.3) is 0 Å². The van der Waals surface area contributed by atoms with E-state index in [4.69, 9.17) is 9.52 Å². The smallest absolute Gasteiger partial charge is 0.354 e. The molecule has 0 aliphatic carbocycles. The molecule has 2 amide bonds. The van der Waals surface area contributed by atoms with E-state index in [2.05, 4.69) is 20.8 Å². The van der Waals surface area contributed by atoms with Crippen LogP contribution in [-0.4, -0.2) is 42.5 Å². The predicted octanol–water partition coefficient (Wildman–Crippen LogP) is 0.867. The molecular weight excluding hydrogens is 368 g/mol. The number of hydrogen-bond acceptors (Lipinski definition) is 6. The number of aromatic carboxylic acids is 1. The Balaban J connectivity index is 1.60. The van der Waals surface area contributed by atoms with E-state index < -0.39 is 17.8 Å². The van der Waals surface area contributed by atoms with Crippen LogP contribution >= 0.6 is 0 Å². The first-order valence-electron chi connectivity index (χ1n) is 8.33. The van der Waals surface area contributed by atoms with Crippen LogP contribution in [0.15, 0.2) is 41.3 Å². The minimum absolute atomic E-state index is 0.00725. The monoisotopic (exact) mass is 386 g/mol. The summed E-state index contributed by atoms with van der Waals surface area (Å²) in [5, 5.41) is 22.3. The number of nitrogens with zero attached hydrogens (tertiary/aromatic N) is 4. The van der Waals surface area contributed by atoms with Gasteiger partial charge in [-0.2, -0.15) is 10.2 Å². The van der Waals surface area contributed by atoms with Gasteiger partial charge in [0.1, 0.15) is 11.5 Å². The van der Waals surface area contributed by atoms with Crippen LogP contribution in [0.2, 0.25) is 0 Å². The van der Waals surface area contributed by atoms with Gasteiger partial charge in [-0.15, -0.1) is 0 Å². The maximum atomic E-state index is 12.4. The van der Waals surface area contributed by atoms with Crippen molar-refractivity contribution in [1.82, 2.24) is 24.9 Å². The van der Waals surface area contributed by atoms with Crippen LogP contribution in [0.1, 0.15) is 33.2 Å². The Labute approximate surface area is 158 Å². The van der Waals surface area contributed by atoms with Gasteiger partial charge in [-0.25, -0.2) is 4.79 Å². The summed E-state index contributed by atoms with van der Waals surface area (Å²) in [4.78, 5) is 35.7. The number of carbonyl (C=O) groups is 3. The molecule has 3 aromatic heterocycles. The predicted molar refractivity (Wildman–Crippen MR) is 95.5 cm³/mol. The summed E-state index contributed by atoms with van der Waals surface area (Å²) in [7, 11) is 1.63. The second-order valence-corrected chi connectivity index (χ2v) is 5.87. The third-order valence-corrected chi connectivity index (χ3v) is 3.81. The Morgan fingerprint density at radius 2 is 2.11 bits per heavy atom. The molecule has 0 fully saturated rings. The molecule has 0 spiro atoms. The van der Waals surface area contributed by atoms with Crippen molar-refractivity contribution in [2.24, 2.45) is 7.05 Å². The second-order valence-electron chi connectivity index (χ2n) is 5.87. The Morgan fingerprint density at radius 1 is 1.29 bits per heavy atom. The van der Waals surface area contributed by atoms with Crippen molar-refractivity contribution in [1.29, 1.82) is 0 Å². The minimum atomic E-state index is -1.12. The highest BCUT2D eigenvalue weighted by atomic mass is 16.4. The molecule has 0 bridgehead atoms. The number of amides is 2. The largest absolute Gasteiger partial charge is 0.477 e. The highest BCUT2D eigenvalue weighted by molar-refractivity contribution is 6.02. The van der Waals surface area contributed by atoms with Gasteiger partial charge in [-0.3, -0.25) is 19.0 Å². The van der Waals surface area contributed by atoms with Gasteiger partial charge in [0.2, 0.25) is 5.91 Å². The Hall–Kier alpha value is -3.89. The number of furan rings is 1. The molecule has 0 saturated heterocycles. The summed E-state index contributed by atoms with van der Waals surface area (Å²) < 4.78 is 7.79. The number of carbonyl (C=O) groups excluding carboxylic acids is 2. The number of aryl methyl sites for hydroxylation is 2. The van der Waals surface area contributed by atoms with Gasteiger partial charge in [0.25, 0.3) is 5.91 Å². The zero-order valence-corrected chi connectivity index (χ0v) is 15.0. The number of aromatic nitrogens is 4. The molecule has 0 saturated carbocycles. The van der Waals surface area contributed by atoms with E-state index >= 15 is 0 Å². The molecule has 3 aromatic rings. The molecule has 3 rings (SSSR count). The molecule has 11 heteroatoms. The lowest BCUT2D eigenvalue weighted by atomic mass is 10.3. The van der Waals surface area contributed by atoms with Crippen LogP contribution in [0.3, 0.4) is 0 Å². The lowest BCUT2D eigenvalue weighted by molar-refractivity contribution is -0.116. The van der Waals surface area contributed by atoms with Gasteiger partial charge in [0.05, 0.1) is 25.0 Å². The van der Waals surface area contributed by atoms with Crippen LogP contribution in [0.4, 0.5) is 5.69 Å². The van der Waals surface area contributed by atoms with Crippen molar-refractivity contribution in [2.45, 2.75) is 19.5 Å². The number of hydrogen-bond donors (Lipinski definition) is 3. The zero-order valence-electron chi connectivity index (χ0n) is 15.0. The van der Waals surface area contributed by atoms with Gasteiger partial charge in [0, 0.05) is 25.9 Å². The fraction of sp³-hybridized carbons (Fsp3) is 0.235. The van der Waals surface area contributed by atoms with Gasteiger partial charge in [0.15, 0.2) is 5.69 Å². The topological polar surface area (TPSA) is 144 Å². The summed E-state index contributed by atoms with van der Waals surface area (Å²) in [6.07, 6.45) is 4.34. The third kappa shape index (κ3) is 4.44. The number of nitrogens with one attached hydrogen (secondary N) is 2. The lowest BCUT2D eigenvalue weighted by Gasteiger charge is -2.07. The first-order chi connectivity index (χ1) is 13.4. The molecule has 146 valence electrons. The zero-order chi connectivity index (χ0) is 20.1. The molecule has 0 radical (unpaired) electrons. The standard InChI is InChI=1S/C17H18N6O5/c1-22-10-12(15(21-22)16(25)18-9-11-3-2-8-28-11)20-14(24)5-7-23-13(17(26)27)4-6-19-23/h2-4,6,8,10H,5,7,9H2,1H3,(H,18,25)(H,20,24)(H,26,27). The molecule has 0 aliphatic rings. The van der Waals surface area contributed by atoms with Gasteiger partial charge in [-0.1, -0.05) is 0 Å². The quantitative estimate of drug-likeness (QED) is 0.521. The number of carboxylic acids is 1. The van der Waals surface area contributed by atoms with E-state index in [1.807, 2.05) is 0 Å². The fourth-order valence-electron chi connectivity index (χ4n) is 2.52. The van der Waals surface area contributed by atoms with Gasteiger partial charge in [-0.05, 0) is 18.2 Å². The average molecular weight is 386 g/mol. The number of anilines is 1. The molecule has 3 N–H and O–H groups in total. The molecule has 28 heavy (non-hydrogen) atoms. The number of carboxylic acid groups (broad SMARTS) is 1. The lowest BCUT2D eigenvalue weighted by Crippen LogP contribution is -2.25. The highest BCUT2D eigenvalue weighted by Gasteiger charge is 2.19. The summed E-state index contributed by atoms with van der Waals surface area (Å²) in [5.74, 6) is -1.41. The van der Waals surface area contributed by atoms with Crippen LogP contribution in [-0.2, 0) is 24.9 Å². The van der Waals surface area contributed by atoms with Crippen molar-refractivity contribution in [3.05, 3.63) is 54.0 Å². The third-order valence-electron chi connectivity index (χ3n) is 3.81. The molecule has 11 nitrogen and oxygen atoms in total. The van der Waals surface area contributed by atoms with E-state index in [1.54, 1.807) is 19.2 Å². The summed E-state index contributed by atoms with van der Waals surface area (Å²) in [5.41, 5.74) is 0.309. The van der Waals surface area contributed by atoms with E-state index in [0.29, 0.717) is 5.76 Å². The second kappa shape index (κ2) is 8.20. The summed E-state index contributed by atoms with van der Waals surface area (Å²) in [6.45, 7) is 0.272. The first kappa shape index (κ1) is 18.9. The van der Waals surface area contributed by atoms with Crippen LogP contribution < -0.4 is 10.6 Å². The first-order valence-corrected chi connectivity index (χ1v) is 8.33. The van der Waals surface area contributed by atoms with E-state index in [1.165, 1.54) is 34.1 Å². The van der Waals surface area contributed by atoms with Gasteiger partial charge >= 0.3 is 5.97 Å². The molecule has 3 heterocycles. The van der Waals surface area contributed by atoms with E-state index in [-0.39, 0.29) is 36.6 Å². The van der Waals surface area contributed by atoms with Gasteiger partial charge < -0.3 is 20.2 Å². The Kier molecular flexibility index (Phi) is 5.53. The Morgan fingerprint density at radius 3 is 2.82 bits per heavy atom. The molecule has 0 atom stereocenters. The van der Waals surface area contributed by atoms with Crippen LogP contribution in [0.5, 0.6) is 0 Å². The maximum Gasteiger partial charge on any atom is 0.354 e. The summed E-state index contributed by atoms with van der Waals surface area (Å²) >= 11 is 0.